The smallest absolute Gasteiger partial charge is 0.104 e. The van der Waals surface area contributed by atoms with Crippen LogP contribution < -0.4 is 0 Å². The Morgan fingerprint density at radius 2 is 2.11 bits per heavy atom. The van der Waals surface area contributed by atoms with E-state index >= 15 is 0 Å². The van der Waals surface area contributed by atoms with Crippen LogP contribution in [0.5, 0.6) is 0 Å². The summed E-state index contributed by atoms with van der Waals surface area (Å²) in [4.78, 5) is 2.38. The molecule has 0 saturated carbocycles. The molecule has 2 atom stereocenters. The van der Waals surface area contributed by atoms with Crippen molar-refractivity contribution in [1.82, 2.24) is 4.90 Å². The zero-order chi connectivity index (χ0) is 13.7. The van der Waals surface area contributed by atoms with Gasteiger partial charge in [0, 0.05) is 18.7 Å². The Morgan fingerprint density at radius 3 is 2.68 bits per heavy atom. The van der Waals surface area contributed by atoms with Gasteiger partial charge >= 0.3 is 0 Å². The quantitative estimate of drug-likeness (QED) is 0.803. The van der Waals surface area contributed by atoms with E-state index in [2.05, 4.69) is 28.9 Å². The van der Waals surface area contributed by atoms with Gasteiger partial charge in [0.2, 0.25) is 0 Å². The maximum absolute atomic E-state index is 9.59. The molecule has 0 amide bonds. The lowest BCUT2D eigenvalue weighted by Gasteiger charge is -2.17. The monoisotopic (exact) mass is 259 g/mol. The number of aliphatic hydroxyl groups is 2. The van der Waals surface area contributed by atoms with Crippen molar-refractivity contribution in [3.05, 3.63) is 35.4 Å². The number of rotatable bonds is 3. The fourth-order valence-corrected chi connectivity index (χ4v) is 2.49. The first-order valence-corrected chi connectivity index (χ1v) is 6.78. The molecule has 0 spiro atoms. The van der Waals surface area contributed by atoms with Crippen LogP contribution in [0.4, 0.5) is 0 Å². The highest BCUT2D eigenvalue weighted by atomic mass is 16.3. The van der Waals surface area contributed by atoms with Gasteiger partial charge < -0.3 is 10.2 Å². The number of hydrogen-bond acceptors (Lipinski definition) is 3. The summed E-state index contributed by atoms with van der Waals surface area (Å²) in [5.74, 6) is 5.94. The van der Waals surface area contributed by atoms with E-state index in [1.165, 1.54) is 5.56 Å². The molecule has 3 nitrogen and oxygen atoms in total. The summed E-state index contributed by atoms with van der Waals surface area (Å²) in [6.45, 7) is 4.74. The van der Waals surface area contributed by atoms with E-state index in [9.17, 15) is 5.11 Å². The molecule has 2 rings (SSSR count). The van der Waals surface area contributed by atoms with Crippen LogP contribution in [0.1, 0.15) is 24.5 Å². The lowest BCUT2D eigenvalue weighted by atomic mass is 10.0. The number of likely N-dealkylation sites (tertiary alicyclic amines) is 1. The molecule has 19 heavy (non-hydrogen) atoms. The van der Waals surface area contributed by atoms with Gasteiger partial charge in [-0.05, 0) is 43.5 Å². The van der Waals surface area contributed by atoms with Crippen molar-refractivity contribution in [2.75, 3.05) is 19.7 Å². The van der Waals surface area contributed by atoms with Crippen LogP contribution >= 0.6 is 0 Å². The van der Waals surface area contributed by atoms with Crippen LogP contribution in [0, 0.1) is 17.8 Å². The summed E-state index contributed by atoms with van der Waals surface area (Å²) in [7, 11) is 0. The molecule has 1 saturated heterocycles. The third kappa shape index (κ3) is 4.07. The molecule has 0 aromatic heterocycles. The maximum atomic E-state index is 9.59. The second-order valence-electron chi connectivity index (χ2n) is 5.18. The second-order valence-corrected chi connectivity index (χ2v) is 5.18. The number of benzene rings is 1. The van der Waals surface area contributed by atoms with E-state index in [0.29, 0.717) is 5.92 Å². The highest BCUT2D eigenvalue weighted by molar-refractivity contribution is 5.36. The number of nitrogens with zero attached hydrogens (tertiary/aromatic N) is 1. The zero-order valence-corrected chi connectivity index (χ0v) is 11.3. The molecule has 1 aromatic rings. The van der Waals surface area contributed by atoms with Gasteiger partial charge in [0.1, 0.15) is 6.61 Å². The lowest BCUT2D eigenvalue weighted by Crippen LogP contribution is -2.23. The largest absolute Gasteiger partial charge is 0.393 e. The Labute approximate surface area is 114 Å². The Bertz CT molecular complexity index is 456. The molecule has 1 fully saturated rings. The van der Waals surface area contributed by atoms with Gasteiger partial charge in [-0.2, -0.15) is 0 Å². The van der Waals surface area contributed by atoms with Gasteiger partial charge in [0.25, 0.3) is 0 Å². The molecule has 0 radical (unpaired) electrons. The van der Waals surface area contributed by atoms with E-state index in [0.717, 1.165) is 31.6 Å². The molecular weight excluding hydrogens is 238 g/mol. The average Bonchev–Trinajstić information content (AvgIpc) is 2.87. The minimum atomic E-state index is -0.207. The molecule has 0 bridgehead atoms. The summed E-state index contributed by atoms with van der Waals surface area (Å²) in [6, 6.07) is 8.13. The van der Waals surface area contributed by atoms with Crippen LogP contribution in [0.2, 0.25) is 0 Å². The highest BCUT2D eigenvalue weighted by Gasteiger charge is 2.25. The Morgan fingerprint density at radius 1 is 1.37 bits per heavy atom. The predicted molar refractivity (Wildman–Crippen MR) is 75.5 cm³/mol. The first-order valence-electron chi connectivity index (χ1n) is 6.78. The van der Waals surface area contributed by atoms with Crippen molar-refractivity contribution in [1.29, 1.82) is 0 Å². The fraction of sp³-hybridized carbons (Fsp3) is 0.500. The van der Waals surface area contributed by atoms with Gasteiger partial charge in [-0.1, -0.05) is 24.0 Å². The topological polar surface area (TPSA) is 43.7 Å². The zero-order valence-electron chi connectivity index (χ0n) is 11.3. The van der Waals surface area contributed by atoms with E-state index in [1.54, 1.807) is 0 Å². The first-order chi connectivity index (χ1) is 9.19. The van der Waals surface area contributed by atoms with E-state index < -0.39 is 0 Å². The molecule has 1 heterocycles. The molecule has 1 aliphatic heterocycles. The Hall–Kier alpha value is -1.34. The summed E-state index contributed by atoms with van der Waals surface area (Å²) in [5.41, 5.74) is 2.20. The first kappa shape index (κ1) is 14.1. The summed E-state index contributed by atoms with van der Waals surface area (Å²) in [5, 5.41) is 18.2. The van der Waals surface area contributed by atoms with Gasteiger partial charge in [-0.15, -0.1) is 0 Å². The van der Waals surface area contributed by atoms with Crippen LogP contribution in [-0.4, -0.2) is 40.9 Å². The van der Waals surface area contributed by atoms with Crippen molar-refractivity contribution >= 4 is 0 Å². The minimum absolute atomic E-state index is 0.101. The lowest BCUT2D eigenvalue weighted by molar-refractivity contribution is 0.127. The van der Waals surface area contributed by atoms with Crippen LogP contribution in [-0.2, 0) is 6.54 Å². The third-order valence-corrected chi connectivity index (χ3v) is 3.66. The van der Waals surface area contributed by atoms with Crippen LogP contribution in [0.25, 0.3) is 0 Å². The molecule has 3 heteroatoms. The van der Waals surface area contributed by atoms with Crippen molar-refractivity contribution in [2.45, 2.75) is 26.0 Å². The van der Waals surface area contributed by atoms with Gasteiger partial charge in [-0.3, -0.25) is 4.90 Å². The van der Waals surface area contributed by atoms with Gasteiger partial charge in [0.05, 0.1) is 6.10 Å². The second kappa shape index (κ2) is 6.72. The van der Waals surface area contributed by atoms with Crippen molar-refractivity contribution < 1.29 is 10.2 Å². The van der Waals surface area contributed by atoms with Crippen molar-refractivity contribution in [3.8, 4) is 11.8 Å². The molecule has 1 aromatic carbocycles. The standard InChI is InChI=1S/C16H21NO2/c1-13(19)16-8-9-17(12-16)11-15-6-4-14(5-7-15)3-2-10-18/h4-7,13,16,18-19H,8-12H2,1H3. The summed E-state index contributed by atoms with van der Waals surface area (Å²) < 4.78 is 0. The van der Waals surface area contributed by atoms with E-state index in [4.69, 9.17) is 5.11 Å². The van der Waals surface area contributed by atoms with Gasteiger partial charge in [-0.25, -0.2) is 0 Å². The molecule has 2 N–H and O–H groups in total. The average molecular weight is 259 g/mol. The number of aliphatic hydroxyl groups excluding tert-OH is 2. The van der Waals surface area contributed by atoms with E-state index in [-0.39, 0.29) is 12.7 Å². The summed E-state index contributed by atoms with van der Waals surface area (Å²) >= 11 is 0. The van der Waals surface area contributed by atoms with Gasteiger partial charge in [0.15, 0.2) is 0 Å². The normalized spacial score (nSPS) is 20.9. The van der Waals surface area contributed by atoms with Crippen LogP contribution in [0.15, 0.2) is 24.3 Å². The number of hydrogen-bond donors (Lipinski definition) is 2. The molecular formula is C16H21NO2. The highest BCUT2D eigenvalue weighted by Crippen LogP contribution is 2.21. The SMILES string of the molecule is CC(O)C1CCN(Cc2ccc(C#CCO)cc2)C1. The maximum Gasteiger partial charge on any atom is 0.104 e. The van der Waals surface area contributed by atoms with Crippen molar-refractivity contribution in [3.63, 3.8) is 0 Å². The predicted octanol–water partition coefficient (Wildman–Crippen LogP) is 1.23. The minimum Gasteiger partial charge on any atom is -0.393 e. The Kier molecular flexibility index (Phi) is 4.98. The fourth-order valence-electron chi connectivity index (χ4n) is 2.49. The summed E-state index contributed by atoms with van der Waals surface area (Å²) in [6.07, 6.45) is 0.874. The van der Waals surface area contributed by atoms with Crippen LogP contribution in [0.3, 0.4) is 0 Å². The Balaban J connectivity index is 1.90. The third-order valence-electron chi connectivity index (χ3n) is 3.66. The molecule has 2 unspecified atom stereocenters. The molecule has 102 valence electrons. The van der Waals surface area contributed by atoms with E-state index in [1.807, 2.05) is 19.1 Å². The van der Waals surface area contributed by atoms with Crippen molar-refractivity contribution in [2.24, 2.45) is 5.92 Å². The molecule has 1 aliphatic rings. The molecule has 0 aliphatic carbocycles.